The van der Waals surface area contributed by atoms with Gasteiger partial charge in [0.25, 0.3) is 5.89 Å². The van der Waals surface area contributed by atoms with E-state index in [0.29, 0.717) is 79.9 Å². The van der Waals surface area contributed by atoms with Gasteiger partial charge < -0.3 is 18.9 Å². The molecular formula is C39H40F4N6O3. The van der Waals surface area contributed by atoms with Crippen molar-refractivity contribution in [1.29, 1.82) is 0 Å². The molecule has 1 aliphatic heterocycles. The number of pyridine rings is 1. The number of aromatic nitrogens is 5. The van der Waals surface area contributed by atoms with Crippen LogP contribution in [0.3, 0.4) is 0 Å². The first-order valence-electron chi connectivity index (χ1n) is 17.3. The van der Waals surface area contributed by atoms with Gasteiger partial charge in [0.1, 0.15) is 5.75 Å². The third kappa shape index (κ3) is 7.64. The van der Waals surface area contributed by atoms with Crippen LogP contribution in [0.4, 0.5) is 23.5 Å². The lowest BCUT2D eigenvalue weighted by molar-refractivity contribution is -0.137. The van der Waals surface area contributed by atoms with Crippen molar-refractivity contribution >= 4 is 5.95 Å². The number of hydrogen-bond donors (Lipinski definition) is 0. The van der Waals surface area contributed by atoms with Crippen molar-refractivity contribution in [3.63, 3.8) is 0 Å². The number of aryl methyl sites for hydroxylation is 1. The summed E-state index contributed by atoms with van der Waals surface area (Å²) in [4.78, 5) is 20.6. The fourth-order valence-electron chi connectivity index (χ4n) is 7.14. The SMILES string of the molecule is COc1ccc(COC2CC(C)(C)Cc3nc(C4CCN(c5ncc(-c6nc(C)no6)cn5)CC4)c(C(F)c4ccc(C(F)(F)F)cc4)cc32)cc1. The number of rotatable bonds is 9. The quantitative estimate of drug-likeness (QED) is 0.139. The highest BCUT2D eigenvalue weighted by Crippen LogP contribution is 2.46. The molecule has 0 amide bonds. The van der Waals surface area contributed by atoms with Gasteiger partial charge in [-0.15, -0.1) is 0 Å². The molecule has 2 aliphatic rings. The van der Waals surface area contributed by atoms with Crippen molar-refractivity contribution in [3.8, 4) is 17.2 Å². The standard InChI is InChI=1S/C39H40F4N6O3/c1-23-46-36(52-48-23)27-20-44-37(45-21-27)49-15-13-26(14-16-49)35-31(34(40)25-7-9-28(10-8-25)39(41,42)43)17-30-32(47-35)18-38(2,3)19-33(30)51-22-24-5-11-29(50-4)12-6-24/h5-12,17,20-21,26,33-34H,13-16,18-19,22H2,1-4H3. The average molecular weight is 717 g/mol. The number of methoxy groups -OCH3 is 1. The zero-order valence-electron chi connectivity index (χ0n) is 29.5. The van der Waals surface area contributed by atoms with Gasteiger partial charge in [0.2, 0.25) is 5.95 Å². The highest BCUT2D eigenvalue weighted by atomic mass is 19.4. The van der Waals surface area contributed by atoms with E-state index in [1.54, 1.807) is 26.4 Å². The smallest absolute Gasteiger partial charge is 0.416 e. The van der Waals surface area contributed by atoms with Crippen molar-refractivity contribution in [2.75, 3.05) is 25.1 Å². The van der Waals surface area contributed by atoms with E-state index in [-0.39, 0.29) is 23.0 Å². The predicted molar refractivity (Wildman–Crippen MR) is 186 cm³/mol. The summed E-state index contributed by atoms with van der Waals surface area (Å²) in [5, 5.41) is 3.82. The Balaban J connectivity index is 1.18. The Hall–Kier alpha value is -4.91. The van der Waals surface area contributed by atoms with Crippen LogP contribution in [0.15, 0.2) is 71.5 Å². The Morgan fingerprint density at radius 3 is 2.29 bits per heavy atom. The number of halogens is 4. The molecule has 0 radical (unpaired) electrons. The normalized spacial score (nSPS) is 18.2. The summed E-state index contributed by atoms with van der Waals surface area (Å²) in [6, 6.07) is 13.8. The molecule has 272 valence electrons. The number of hydrogen-bond acceptors (Lipinski definition) is 9. The fourth-order valence-corrected chi connectivity index (χ4v) is 7.14. The minimum absolute atomic E-state index is 0.0893. The van der Waals surface area contributed by atoms with Crippen molar-refractivity contribution in [2.24, 2.45) is 5.41 Å². The molecule has 0 spiro atoms. The summed E-state index contributed by atoms with van der Waals surface area (Å²) in [6.45, 7) is 7.66. The van der Waals surface area contributed by atoms with E-state index in [9.17, 15) is 13.2 Å². The van der Waals surface area contributed by atoms with E-state index in [0.717, 1.165) is 34.7 Å². The second-order valence-corrected chi connectivity index (χ2v) is 14.4. The Labute approximate surface area is 299 Å². The number of ether oxygens (including phenoxy) is 2. The maximum atomic E-state index is 16.8. The number of alkyl halides is 4. The van der Waals surface area contributed by atoms with Gasteiger partial charge >= 0.3 is 6.18 Å². The van der Waals surface area contributed by atoms with Crippen LogP contribution in [-0.4, -0.2) is 45.3 Å². The van der Waals surface area contributed by atoms with Gasteiger partial charge in [-0.25, -0.2) is 14.4 Å². The van der Waals surface area contributed by atoms with Crippen molar-refractivity contribution < 1.29 is 31.6 Å². The van der Waals surface area contributed by atoms with Gasteiger partial charge in [0.05, 0.1) is 36.6 Å². The third-order valence-electron chi connectivity index (χ3n) is 9.92. The summed E-state index contributed by atoms with van der Waals surface area (Å²) >= 11 is 0. The molecule has 2 unspecified atom stereocenters. The first-order valence-corrected chi connectivity index (χ1v) is 17.3. The topological polar surface area (TPSA) is 99.3 Å². The first-order chi connectivity index (χ1) is 24.9. The Morgan fingerprint density at radius 2 is 1.67 bits per heavy atom. The zero-order chi connectivity index (χ0) is 36.6. The minimum atomic E-state index is -4.52. The Bertz CT molecular complexity index is 1990. The summed E-state index contributed by atoms with van der Waals surface area (Å²) in [7, 11) is 1.62. The lowest BCUT2D eigenvalue weighted by Gasteiger charge is -2.38. The lowest BCUT2D eigenvalue weighted by Crippen LogP contribution is -2.35. The Kier molecular flexibility index (Phi) is 9.73. The number of fused-ring (bicyclic) bond motifs is 1. The third-order valence-corrected chi connectivity index (χ3v) is 9.92. The Morgan fingerprint density at radius 1 is 0.981 bits per heavy atom. The van der Waals surface area contributed by atoms with E-state index in [4.69, 9.17) is 19.0 Å². The van der Waals surface area contributed by atoms with Gasteiger partial charge in [0, 0.05) is 48.2 Å². The molecule has 1 fully saturated rings. The zero-order valence-corrected chi connectivity index (χ0v) is 29.5. The molecule has 5 aromatic rings. The number of anilines is 1. The molecule has 52 heavy (non-hydrogen) atoms. The van der Waals surface area contributed by atoms with Crippen molar-refractivity contribution in [1.82, 2.24) is 25.1 Å². The van der Waals surface area contributed by atoms with Crippen LogP contribution < -0.4 is 9.64 Å². The van der Waals surface area contributed by atoms with Crippen LogP contribution >= 0.6 is 0 Å². The molecule has 3 aromatic heterocycles. The molecule has 9 nitrogen and oxygen atoms in total. The largest absolute Gasteiger partial charge is 0.497 e. The van der Waals surface area contributed by atoms with Gasteiger partial charge in [-0.05, 0) is 79.5 Å². The molecule has 1 aliphatic carbocycles. The molecular weight excluding hydrogens is 676 g/mol. The summed E-state index contributed by atoms with van der Waals surface area (Å²) < 4.78 is 74.0. The van der Waals surface area contributed by atoms with E-state index in [1.807, 2.05) is 30.3 Å². The summed E-state index contributed by atoms with van der Waals surface area (Å²) in [5.41, 5.74) is 3.48. The van der Waals surface area contributed by atoms with Crippen LogP contribution in [0.25, 0.3) is 11.5 Å². The molecule has 0 saturated carbocycles. The maximum absolute atomic E-state index is 16.8. The summed E-state index contributed by atoms with van der Waals surface area (Å²) in [6.07, 6.45) is -0.540. The highest BCUT2D eigenvalue weighted by molar-refractivity contribution is 5.51. The van der Waals surface area contributed by atoms with Crippen LogP contribution in [0, 0.1) is 12.3 Å². The first kappa shape index (κ1) is 35.5. The minimum Gasteiger partial charge on any atom is -0.497 e. The van der Waals surface area contributed by atoms with Crippen LogP contribution in [0.2, 0.25) is 0 Å². The van der Waals surface area contributed by atoms with Crippen LogP contribution in [-0.2, 0) is 23.9 Å². The molecule has 1 saturated heterocycles. The molecule has 0 bridgehead atoms. The predicted octanol–water partition coefficient (Wildman–Crippen LogP) is 8.93. The molecule has 2 atom stereocenters. The molecule has 0 N–H and O–H groups in total. The van der Waals surface area contributed by atoms with Gasteiger partial charge in [-0.3, -0.25) is 4.98 Å². The highest BCUT2D eigenvalue weighted by Gasteiger charge is 2.38. The van der Waals surface area contributed by atoms with E-state index in [2.05, 4.69) is 38.9 Å². The maximum Gasteiger partial charge on any atom is 0.416 e. The van der Waals surface area contributed by atoms with Crippen molar-refractivity contribution in [3.05, 3.63) is 112 Å². The molecule has 7 rings (SSSR count). The van der Waals surface area contributed by atoms with Gasteiger partial charge in [-0.1, -0.05) is 43.3 Å². The summed E-state index contributed by atoms with van der Waals surface area (Å²) in [5.74, 6) is 2.08. The fraction of sp³-hybridized carbons (Fsp3) is 0.410. The van der Waals surface area contributed by atoms with Gasteiger partial charge in [-0.2, -0.15) is 18.2 Å². The monoisotopic (exact) mass is 716 g/mol. The molecule has 2 aromatic carbocycles. The van der Waals surface area contributed by atoms with E-state index < -0.39 is 17.9 Å². The lowest BCUT2D eigenvalue weighted by atomic mass is 9.73. The second-order valence-electron chi connectivity index (χ2n) is 14.4. The number of benzene rings is 2. The van der Waals surface area contributed by atoms with Crippen molar-refractivity contribution in [2.45, 2.75) is 77.4 Å². The van der Waals surface area contributed by atoms with E-state index >= 15 is 4.39 Å². The van der Waals surface area contributed by atoms with Gasteiger partial charge in [0.15, 0.2) is 12.0 Å². The number of nitrogens with zero attached hydrogens (tertiary/aromatic N) is 6. The average Bonchev–Trinajstić information content (AvgIpc) is 3.58. The van der Waals surface area contributed by atoms with Crippen LogP contribution in [0.5, 0.6) is 5.75 Å². The molecule has 13 heteroatoms. The molecule has 4 heterocycles. The second kappa shape index (κ2) is 14.3. The number of piperidine rings is 1. The van der Waals surface area contributed by atoms with Crippen LogP contribution in [0.1, 0.15) is 96.3 Å². The van der Waals surface area contributed by atoms with E-state index in [1.165, 1.54) is 12.1 Å².